The lowest BCUT2D eigenvalue weighted by Crippen LogP contribution is -2.40. The van der Waals surface area contributed by atoms with E-state index in [1.807, 2.05) is 43.3 Å². The Morgan fingerprint density at radius 3 is 2.38 bits per heavy atom. The number of amides is 1. The molecule has 2 rings (SSSR count). The zero-order chi connectivity index (χ0) is 19.2. The molecule has 0 unspecified atom stereocenters. The van der Waals surface area contributed by atoms with Crippen LogP contribution in [-0.4, -0.2) is 40.8 Å². The molecule has 0 aliphatic carbocycles. The van der Waals surface area contributed by atoms with Crippen LogP contribution in [0.25, 0.3) is 0 Å². The fourth-order valence-corrected chi connectivity index (χ4v) is 3.40. The molecule has 6 nitrogen and oxygen atoms in total. The van der Waals surface area contributed by atoms with E-state index in [4.69, 9.17) is 4.74 Å². The molecule has 140 valence electrons. The molecule has 0 heterocycles. The Kier molecular flexibility index (Phi) is 6.63. The Balaban J connectivity index is 1.98. The lowest BCUT2D eigenvalue weighted by atomic mass is 10.1. The van der Waals surface area contributed by atoms with E-state index >= 15 is 0 Å². The summed E-state index contributed by atoms with van der Waals surface area (Å²) in [5.74, 6) is 0.407. The van der Waals surface area contributed by atoms with Crippen molar-refractivity contribution in [2.45, 2.75) is 13.3 Å². The van der Waals surface area contributed by atoms with Crippen LogP contribution in [0.5, 0.6) is 5.75 Å². The van der Waals surface area contributed by atoms with Gasteiger partial charge < -0.3 is 10.1 Å². The lowest BCUT2D eigenvalue weighted by molar-refractivity contribution is -0.119. The zero-order valence-corrected chi connectivity index (χ0v) is 16.0. The number of carbonyl (C=O) groups excluding carboxylic acids is 1. The van der Waals surface area contributed by atoms with E-state index in [1.54, 1.807) is 19.2 Å². The van der Waals surface area contributed by atoms with E-state index in [0.29, 0.717) is 18.7 Å². The van der Waals surface area contributed by atoms with Crippen molar-refractivity contribution in [3.05, 3.63) is 59.7 Å². The molecular weight excluding hydrogens is 352 g/mol. The second kappa shape index (κ2) is 8.71. The average Bonchev–Trinajstić information content (AvgIpc) is 2.60. The van der Waals surface area contributed by atoms with Crippen molar-refractivity contribution >= 4 is 21.6 Å². The summed E-state index contributed by atoms with van der Waals surface area (Å²) < 4.78 is 30.5. The molecular formula is C19H24N2O4S. The molecule has 0 saturated heterocycles. The van der Waals surface area contributed by atoms with Gasteiger partial charge in [-0.2, -0.15) is 0 Å². The van der Waals surface area contributed by atoms with Crippen molar-refractivity contribution in [2.75, 3.05) is 30.8 Å². The van der Waals surface area contributed by atoms with Crippen molar-refractivity contribution in [3.8, 4) is 5.75 Å². The van der Waals surface area contributed by atoms with Crippen molar-refractivity contribution in [2.24, 2.45) is 0 Å². The first-order valence-electron chi connectivity index (χ1n) is 8.24. The lowest BCUT2D eigenvalue weighted by Gasteiger charge is -2.22. The van der Waals surface area contributed by atoms with E-state index in [9.17, 15) is 13.2 Å². The third-order valence-electron chi connectivity index (χ3n) is 3.92. The highest BCUT2D eigenvalue weighted by molar-refractivity contribution is 7.92. The van der Waals surface area contributed by atoms with Gasteiger partial charge in [-0.3, -0.25) is 9.10 Å². The number of ether oxygens (including phenoxy) is 1. The van der Waals surface area contributed by atoms with Crippen molar-refractivity contribution in [1.82, 2.24) is 5.32 Å². The predicted molar refractivity (Wildman–Crippen MR) is 103 cm³/mol. The minimum atomic E-state index is -3.56. The Morgan fingerprint density at radius 2 is 1.77 bits per heavy atom. The Morgan fingerprint density at radius 1 is 1.12 bits per heavy atom. The van der Waals surface area contributed by atoms with Gasteiger partial charge in [-0.05, 0) is 37.1 Å². The number of hydrogen-bond donors (Lipinski definition) is 1. The number of nitrogens with zero attached hydrogens (tertiary/aromatic N) is 1. The molecule has 2 aromatic rings. The first-order valence-corrected chi connectivity index (χ1v) is 10.1. The van der Waals surface area contributed by atoms with E-state index < -0.39 is 10.0 Å². The Bertz CT molecular complexity index is 848. The Labute approximate surface area is 154 Å². The number of carbonyl (C=O) groups is 1. The molecule has 1 amide bonds. The third-order valence-corrected chi connectivity index (χ3v) is 5.06. The highest BCUT2D eigenvalue weighted by Crippen LogP contribution is 2.18. The van der Waals surface area contributed by atoms with Crippen LogP contribution in [0.3, 0.4) is 0 Å². The number of nitrogens with one attached hydrogen (secondary N) is 1. The largest absolute Gasteiger partial charge is 0.496 e. The molecule has 0 aliphatic heterocycles. The van der Waals surface area contributed by atoms with Gasteiger partial charge in [0.05, 0.1) is 19.1 Å². The number of para-hydroxylation sites is 1. The van der Waals surface area contributed by atoms with Crippen molar-refractivity contribution < 1.29 is 17.9 Å². The van der Waals surface area contributed by atoms with E-state index in [0.717, 1.165) is 27.4 Å². The first-order chi connectivity index (χ1) is 12.3. The minimum Gasteiger partial charge on any atom is -0.496 e. The SMILES string of the molecule is COc1ccccc1CCNC(=O)CN(c1ccc(C)cc1)S(C)(=O)=O. The molecule has 0 bridgehead atoms. The van der Waals surface area contributed by atoms with Gasteiger partial charge in [-0.25, -0.2) is 8.42 Å². The second-order valence-electron chi connectivity index (χ2n) is 6.02. The first kappa shape index (κ1) is 19.8. The second-order valence-corrected chi connectivity index (χ2v) is 7.92. The summed E-state index contributed by atoms with van der Waals surface area (Å²) in [7, 11) is -1.96. The average molecular weight is 376 g/mol. The smallest absolute Gasteiger partial charge is 0.240 e. The van der Waals surface area contributed by atoms with Gasteiger partial charge in [0.1, 0.15) is 12.3 Å². The van der Waals surface area contributed by atoms with Crippen LogP contribution < -0.4 is 14.4 Å². The summed E-state index contributed by atoms with van der Waals surface area (Å²) in [6.07, 6.45) is 1.69. The summed E-state index contributed by atoms with van der Waals surface area (Å²) in [4.78, 5) is 12.2. The monoisotopic (exact) mass is 376 g/mol. The van der Waals surface area contributed by atoms with Crippen LogP contribution in [0.15, 0.2) is 48.5 Å². The predicted octanol–water partition coefficient (Wildman–Crippen LogP) is 2.13. The normalized spacial score (nSPS) is 11.0. The molecule has 1 N–H and O–H groups in total. The quantitative estimate of drug-likeness (QED) is 0.766. The van der Waals surface area contributed by atoms with Gasteiger partial charge in [0.2, 0.25) is 15.9 Å². The molecule has 0 radical (unpaired) electrons. The molecule has 0 aliphatic rings. The van der Waals surface area contributed by atoms with Gasteiger partial charge >= 0.3 is 0 Å². The van der Waals surface area contributed by atoms with Crippen LogP contribution in [0.1, 0.15) is 11.1 Å². The topological polar surface area (TPSA) is 75.7 Å². The maximum Gasteiger partial charge on any atom is 0.240 e. The van der Waals surface area contributed by atoms with Gasteiger partial charge in [0, 0.05) is 6.54 Å². The number of rotatable bonds is 8. The summed E-state index contributed by atoms with van der Waals surface area (Å²) in [6.45, 7) is 2.05. The summed E-state index contributed by atoms with van der Waals surface area (Å²) >= 11 is 0. The van der Waals surface area contributed by atoms with Crippen LogP contribution in [-0.2, 0) is 21.2 Å². The maximum absolute atomic E-state index is 12.2. The van der Waals surface area contributed by atoms with Crippen LogP contribution in [0.2, 0.25) is 0 Å². The molecule has 0 fully saturated rings. The summed E-state index contributed by atoms with van der Waals surface area (Å²) in [5, 5.41) is 2.77. The standard InChI is InChI=1S/C19H24N2O4S/c1-15-8-10-17(11-9-15)21(26(3,23)24)14-19(22)20-13-12-16-6-4-5-7-18(16)25-2/h4-11H,12-14H2,1-3H3,(H,20,22). The van der Waals surface area contributed by atoms with Crippen LogP contribution in [0, 0.1) is 6.92 Å². The van der Waals surface area contributed by atoms with E-state index in [1.165, 1.54) is 0 Å². The van der Waals surface area contributed by atoms with Gasteiger partial charge in [-0.15, -0.1) is 0 Å². The zero-order valence-electron chi connectivity index (χ0n) is 15.2. The number of methoxy groups -OCH3 is 1. The third kappa shape index (κ3) is 5.49. The van der Waals surface area contributed by atoms with Crippen LogP contribution in [0.4, 0.5) is 5.69 Å². The van der Waals surface area contributed by atoms with Gasteiger partial charge in [0.15, 0.2) is 0 Å². The molecule has 2 aromatic carbocycles. The molecule has 0 saturated carbocycles. The minimum absolute atomic E-state index is 0.256. The molecule has 0 spiro atoms. The molecule has 0 aromatic heterocycles. The fourth-order valence-electron chi connectivity index (χ4n) is 2.54. The van der Waals surface area contributed by atoms with E-state index in [-0.39, 0.29) is 12.5 Å². The van der Waals surface area contributed by atoms with Crippen molar-refractivity contribution in [3.63, 3.8) is 0 Å². The molecule has 26 heavy (non-hydrogen) atoms. The number of anilines is 1. The van der Waals surface area contributed by atoms with Crippen molar-refractivity contribution in [1.29, 1.82) is 0 Å². The fraction of sp³-hybridized carbons (Fsp3) is 0.316. The number of hydrogen-bond acceptors (Lipinski definition) is 4. The highest BCUT2D eigenvalue weighted by atomic mass is 32.2. The number of benzene rings is 2. The summed E-state index contributed by atoms with van der Waals surface area (Å²) in [5.41, 5.74) is 2.47. The van der Waals surface area contributed by atoms with Gasteiger partial charge in [-0.1, -0.05) is 35.9 Å². The number of aryl methyl sites for hydroxylation is 1. The highest BCUT2D eigenvalue weighted by Gasteiger charge is 2.20. The summed E-state index contributed by atoms with van der Waals surface area (Å²) in [6, 6.07) is 14.6. The van der Waals surface area contributed by atoms with E-state index in [2.05, 4.69) is 5.32 Å². The maximum atomic E-state index is 12.2. The van der Waals surface area contributed by atoms with Crippen LogP contribution >= 0.6 is 0 Å². The molecule has 7 heteroatoms. The Hall–Kier alpha value is -2.54. The van der Waals surface area contributed by atoms with Gasteiger partial charge in [0.25, 0.3) is 0 Å². The number of sulfonamides is 1. The molecule has 0 atom stereocenters.